The van der Waals surface area contributed by atoms with Crippen LogP contribution >= 0.6 is 11.8 Å². The van der Waals surface area contributed by atoms with Gasteiger partial charge in [0.2, 0.25) is 0 Å². The molecule has 0 unspecified atom stereocenters. The average molecular weight is 362 g/mol. The van der Waals surface area contributed by atoms with Gasteiger partial charge < -0.3 is 4.98 Å². The average Bonchev–Trinajstić information content (AvgIpc) is 3.07. The van der Waals surface area contributed by atoms with Crippen LogP contribution < -0.4 is 5.56 Å². The molecule has 2 aromatic carbocycles. The number of H-pyrrole nitrogens is 1. The highest BCUT2D eigenvalue weighted by atomic mass is 32.2. The third-order valence-corrected chi connectivity index (χ3v) is 5.38. The monoisotopic (exact) mass is 362 g/mol. The summed E-state index contributed by atoms with van der Waals surface area (Å²) in [6.45, 7) is 4.11. The number of nitrogens with zero attached hydrogens (tertiary/aromatic N) is 3. The molecule has 0 bridgehead atoms. The third-order valence-electron chi connectivity index (χ3n) is 4.44. The van der Waals surface area contributed by atoms with Crippen molar-refractivity contribution < 1.29 is 0 Å². The minimum absolute atomic E-state index is 0.165. The highest BCUT2D eigenvalue weighted by molar-refractivity contribution is 7.98. The van der Waals surface area contributed by atoms with Gasteiger partial charge in [-0.2, -0.15) is 5.10 Å². The number of hydrogen-bond donors (Lipinski definition) is 1. The number of aryl methyl sites for hydroxylation is 1. The van der Waals surface area contributed by atoms with Crippen molar-refractivity contribution >= 4 is 22.8 Å². The molecule has 0 fully saturated rings. The Balaban J connectivity index is 1.76. The van der Waals surface area contributed by atoms with E-state index in [4.69, 9.17) is 0 Å². The lowest BCUT2D eigenvalue weighted by Crippen LogP contribution is -2.10. The number of fused-ring (bicyclic) bond motifs is 1. The standard InChI is InChI=1S/C20H18N4OS/c1-13-7-6-10-17(14(13)2)24-18-16(11-21-24)19(25)23-20(22-18)26-12-15-8-4-3-5-9-15/h3-11H,12H2,1-2H3,(H,22,23,25). The fourth-order valence-electron chi connectivity index (χ4n) is 2.83. The first-order chi connectivity index (χ1) is 12.6. The van der Waals surface area contributed by atoms with Crippen LogP contribution in [-0.4, -0.2) is 19.7 Å². The minimum Gasteiger partial charge on any atom is -0.301 e. The van der Waals surface area contributed by atoms with E-state index in [1.165, 1.54) is 22.9 Å². The Hall–Kier alpha value is -2.86. The number of aromatic nitrogens is 4. The zero-order valence-corrected chi connectivity index (χ0v) is 15.4. The van der Waals surface area contributed by atoms with Gasteiger partial charge in [-0.15, -0.1) is 0 Å². The van der Waals surface area contributed by atoms with Crippen LogP contribution in [0.15, 0.2) is 64.7 Å². The smallest absolute Gasteiger partial charge is 0.262 e. The molecule has 5 nitrogen and oxygen atoms in total. The van der Waals surface area contributed by atoms with Crippen LogP contribution in [0.5, 0.6) is 0 Å². The predicted octanol–water partition coefficient (Wildman–Crippen LogP) is 4.02. The molecule has 2 heterocycles. The quantitative estimate of drug-likeness (QED) is 0.440. The number of nitrogens with one attached hydrogen (secondary N) is 1. The third kappa shape index (κ3) is 3.04. The molecular formula is C20H18N4OS. The van der Waals surface area contributed by atoms with Crippen LogP contribution in [0.1, 0.15) is 16.7 Å². The first kappa shape index (κ1) is 16.6. The SMILES string of the molecule is Cc1cccc(-n2ncc3c(=O)[nH]c(SCc4ccccc4)nc32)c1C. The number of aromatic amines is 1. The fourth-order valence-corrected chi connectivity index (χ4v) is 3.65. The molecule has 0 aliphatic rings. The van der Waals surface area contributed by atoms with E-state index >= 15 is 0 Å². The van der Waals surface area contributed by atoms with Gasteiger partial charge in [0.05, 0.1) is 11.9 Å². The Morgan fingerprint density at radius 2 is 1.88 bits per heavy atom. The molecule has 0 amide bonds. The van der Waals surface area contributed by atoms with E-state index in [2.05, 4.69) is 47.1 Å². The van der Waals surface area contributed by atoms with Crippen molar-refractivity contribution in [1.29, 1.82) is 0 Å². The van der Waals surface area contributed by atoms with E-state index in [1.807, 2.05) is 30.3 Å². The molecule has 130 valence electrons. The van der Waals surface area contributed by atoms with Crippen molar-refractivity contribution in [3.63, 3.8) is 0 Å². The van der Waals surface area contributed by atoms with Crippen LogP contribution in [0, 0.1) is 13.8 Å². The summed E-state index contributed by atoms with van der Waals surface area (Å²) in [7, 11) is 0. The van der Waals surface area contributed by atoms with Crippen LogP contribution in [0.2, 0.25) is 0 Å². The molecule has 0 radical (unpaired) electrons. The first-order valence-corrected chi connectivity index (χ1v) is 9.33. The van der Waals surface area contributed by atoms with E-state index < -0.39 is 0 Å². The van der Waals surface area contributed by atoms with Crippen molar-refractivity contribution in [1.82, 2.24) is 19.7 Å². The van der Waals surface area contributed by atoms with Crippen LogP contribution in [0.3, 0.4) is 0 Å². The predicted molar refractivity (Wildman–Crippen MR) is 105 cm³/mol. The molecule has 6 heteroatoms. The summed E-state index contributed by atoms with van der Waals surface area (Å²) < 4.78 is 1.75. The Labute approximate surface area is 155 Å². The second-order valence-corrected chi connectivity index (χ2v) is 7.12. The molecule has 4 rings (SSSR count). The lowest BCUT2D eigenvalue weighted by Gasteiger charge is -2.09. The normalized spacial score (nSPS) is 11.2. The van der Waals surface area contributed by atoms with Crippen molar-refractivity contribution in [3.8, 4) is 5.69 Å². The van der Waals surface area contributed by atoms with Gasteiger partial charge in [0.25, 0.3) is 5.56 Å². The lowest BCUT2D eigenvalue weighted by molar-refractivity contribution is 0.865. The summed E-state index contributed by atoms with van der Waals surface area (Å²) in [6.07, 6.45) is 1.58. The maximum absolute atomic E-state index is 12.4. The van der Waals surface area contributed by atoms with Gasteiger partial charge in [0, 0.05) is 5.75 Å². The molecule has 1 N–H and O–H groups in total. The molecular weight excluding hydrogens is 344 g/mol. The van der Waals surface area contributed by atoms with Gasteiger partial charge in [-0.05, 0) is 36.6 Å². The molecule has 0 spiro atoms. The second kappa shape index (κ2) is 6.80. The van der Waals surface area contributed by atoms with Crippen molar-refractivity contribution in [2.75, 3.05) is 0 Å². The maximum atomic E-state index is 12.4. The Kier molecular flexibility index (Phi) is 4.34. The maximum Gasteiger partial charge on any atom is 0.262 e. The zero-order chi connectivity index (χ0) is 18.1. The molecule has 4 aromatic rings. The number of thioether (sulfide) groups is 1. The topological polar surface area (TPSA) is 63.6 Å². The van der Waals surface area contributed by atoms with Crippen LogP contribution in [-0.2, 0) is 5.75 Å². The first-order valence-electron chi connectivity index (χ1n) is 8.35. The Bertz CT molecular complexity index is 1130. The van der Waals surface area contributed by atoms with Crippen molar-refractivity contribution in [3.05, 3.63) is 81.8 Å². The summed E-state index contributed by atoms with van der Waals surface area (Å²) in [5, 5.41) is 5.50. The molecule has 0 aliphatic heterocycles. The zero-order valence-electron chi connectivity index (χ0n) is 14.6. The van der Waals surface area contributed by atoms with Crippen LogP contribution in [0.4, 0.5) is 0 Å². The van der Waals surface area contributed by atoms with Gasteiger partial charge in [-0.3, -0.25) is 4.79 Å². The van der Waals surface area contributed by atoms with Gasteiger partial charge in [-0.1, -0.05) is 54.2 Å². The summed E-state index contributed by atoms with van der Waals surface area (Å²) >= 11 is 1.51. The largest absolute Gasteiger partial charge is 0.301 e. The van der Waals surface area contributed by atoms with Crippen molar-refractivity contribution in [2.24, 2.45) is 0 Å². The molecule has 0 saturated heterocycles. The molecule has 2 aromatic heterocycles. The lowest BCUT2D eigenvalue weighted by atomic mass is 10.1. The van der Waals surface area contributed by atoms with Crippen LogP contribution in [0.25, 0.3) is 16.7 Å². The number of hydrogen-bond acceptors (Lipinski definition) is 4. The van der Waals surface area contributed by atoms with Gasteiger partial charge in [-0.25, -0.2) is 9.67 Å². The Morgan fingerprint density at radius 3 is 2.69 bits per heavy atom. The second-order valence-electron chi connectivity index (χ2n) is 6.16. The molecule has 26 heavy (non-hydrogen) atoms. The number of rotatable bonds is 4. The molecule has 0 aliphatic carbocycles. The van der Waals surface area contributed by atoms with E-state index in [1.54, 1.807) is 10.9 Å². The van der Waals surface area contributed by atoms with Gasteiger partial charge in [0.15, 0.2) is 10.8 Å². The highest BCUT2D eigenvalue weighted by Crippen LogP contribution is 2.23. The minimum atomic E-state index is -0.165. The summed E-state index contributed by atoms with van der Waals surface area (Å²) in [6, 6.07) is 16.2. The highest BCUT2D eigenvalue weighted by Gasteiger charge is 2.13. The van der Waals surface area contributed by atoms with E-state index in [-0.39, 0.29) is 5.56 Å². The number of benzene rings is 2. The van der Waals surface area contributed by atoms with E-state index in [9.17, 15) is 4.79 Å². The van der Waals surface area contributed by atoms with E-state index in [0.29, 0.717) is 16.2 Å². The summed E-state index contributed by atoms with van der Waals surface area (Å²) in [4.78, 5) is 20.0. The Morgan fingerprint density at radius 1 is 1.08 bits per heavy atom. The van der Waals surface area contributed by atoms with Crippen molar-refractivity contribution in [2.45, 2.75) is 24.8 Å². The summed E-state index contributed by atoms with van der Waals surface area (Å²) in [5.74, 6) is 0.743. The van der Waals surface area contributed by atoms with Gasteiger partial charge in [0.1, 0.15) is 5.39 Å². The molecule has 0 saturated carbocycles. The summed E-state index contributed by atoms with van der Waals surface area (Å²) in [5.41, 5.74) is 4.84. The van der Waals surface area contributed by atoms with E-state index in [0.717, 1.165) is 17.0 Å². The fraction of sp³-hybridized carbons (Fsp3) is 0.150. The van der Waals surface area contributed by atoms with Gasteiger partial charge >= 0.3 is 0 Å². The molecule has 0 atom stereocenters.